The predicted octanol–water partition coefficient (Wildman–Crippen LogP) is 1.54. The second-order valence-corrected chi connectivity index (χ2v) is 1.72. The highest BCUT2D eigenvalue weighted by atomic mass is 19.1. The first kappa shape index (κ1) is 6.01. The SMILES string of the molecule is Cc1cc(C=O)oc1F. The molecule has 1 rings (SSSR count). The van der Waals surface area contributed by atoms with Crippen molar-refractivity contribution in [3.63, 3.8) is 0 Å². The summed E-state index contributed by atoms with van der Waals surface area (Å²) in [5.74, 6) is 0.0324. The Labute approximate surface area is 51.3 Å². The van der Waals surface area contributed by atoms with Gasteiger partial charge >= 0.3 is 0 Å². The molecular formula is C6H5FO2. The van der Waals surface area contributed by atoms with E-state index in [1.165, 1.54) is 13.0 Å². The lowest BCUT2D eigenvalue weighted by Crippen LogP contribution is -1.66. The average molecular weight is 128 g/mol. The second kappa shape index (κ2) is 2.01. The Balaban J connectivity index is 3.11. The van der Waals surface area contributed by atoms with Crippen molar-refractivity contribution in [2.45, 2.75) is 6.92 Å². The summed E-state index contributed by atoms with van der Waals surface area (Å²) >= 11 is 0. The highest BCUT2D eigenvalue weighted by Crippen LogP contribution is 2.09. The maximum atomic E-state index is 12.2. The fourth-order valence-electron chi connectivity index (χ4n) is 0.542. The van der Waals surface area contributed by atoms with Crippen LogP contribution in [0.2, 0.25) is 0 Å². The lowest BCUT2D eigenvalue weighted by Gasteiger charge is -1.75. The van der Waals surface area contributed by atoms with Crippen LogP contribution < -0.4 is 0 Å². The third kappa shape index (κ3) is 0.988. The van der Waals surface area contributed by atoms with Crippen LogP contribution in [0.5, 0.6) is 0 Å². The molecule has 0 aromatic carbocycles. The molecule has 9 heavy (non-hydrogen) atoms. The van der Waals surface area contributed by atoms with Crippen molar-refractivity contribution in [1.29, 1.82) is 0 Å². The van der Waals surface area contributed by atoms with Crippen molar-refractivity contribution in [2.75, 3.05) is 0 Å². The molecule has 0 aliphatic carbocycles. The van der Waals surface area contributed by atoms with Crippen LogP contribution in [0.4, 0.5) is 4.39 Å². The molecule has 0 spiro atoms. The summed E-state index contributed by atoms with van der Waals surface area (Å²) in [7, 11) is 0. The predicted molar refractivity (Wildman–Crippen MR) is 28.8 cm³/mol. The molecule has 3 heteroatoms. The van der Waals surface area contributed by atoms with Crippen LogP contribution >= 0.6 is 0 Å². The number of hydrogen-bond donors (Lipinski definition) is 0. The molecular weight excluding hydrogens is 123 g/mol. The third-order valence-corrected chi connectivity index (χ3v) is 0.992. The van der Waals surface area contributed by atoms with E-state index in [2.05, 4.69) is 4.42 Å². The molecule has 0 aliphatic rings. The van der Waals surface area contributed by atoms with Gasteiger partial charge in [-0.05, 0) is 13.0 Å². The summed E-state index contributed by atoms with van der Waals surface area (Å²) in [5, 5.41) is 0. The summed E-state index contributed by atoms with van der Waals surface area (Å²) in [6, 6.07) is 0.666. The smallest absolute Gasteiger partial charge is 0.281 e. The van der Waals surface area contributed by atoms with Gasteiger partial charge in [-0.1, -0.05) is 0 Å². The van der Waals surface area contributed by atoms with Crippen molar-refractivity contribution in [3.8, 4) is 0 Å². The Morgan fingerprint density at radius 1 is 1.78 bits per heavy atom. The average Bonchev–Trinajstić information content (AvgIpc) is 2.13. The largest absolute Gasteiger partial charge is 0.428 e. The van der Waals surface area contributed by atoms with Crippen LogP contribution in [-0.4, -0.2) is 6.29 Å². The van der Waals surface area contributed by atoms with Crippen LogP contribution in [0.15, 0.2) is 10.5 Å². The molecule has 0 amide bonds. The van der Waals surface area contributed by atoms with Gasteiger partial charge in [0.2, 0.25) is 0 Å². The molecule has 1 aromatic heterocycles. The molecule has 0 saturated carbocycles. The van der Waals surface area contributed by atoms with Gasteiger partial charge in [0.05, 0.1) is 0 Å². The van der Waals surface area contributed by atoms with Crippen molar-refractivity contribution in [2.24, 2.45) is 0 Å². The van der Waals surface area contributed by atoms with Crippen molar-refractivity contribution in [3.05, 3.63) is 23.4 Å². The first-order chi connectivity index (χ1) is 4.24. The molecule has 0 aliphatic heterocycles. The van der Waals surface area contributed by atoms with E-state index < -0.39 is 6.01 Å². The Morgan fingerprint density at radius 2 is 2.44 bits per heavy atom. The van der Waals surface area contributed by atoms with Crippen LogP contribution in [0.1, 0.15) is 16.1 Å². The number of rotatable bonds is 1. The zero-order chi connectivity index (χ0) is 6.85. The quantitative estimate of drug-likeness (QED) is 0.537. The molecule has 0 unspecified atom stereocenters. The molecule has 48 valence electrons. The molecule has 0 bridgehead atoms. The van der Waals surface area contributed by atoms with Crippen LogP contribution in [0, 0.1) is 12.9 Å². The standard InChI is InChI=1S/C6H5FO2/c1-4-2-5(3-8)9-6(4)7/h2-3H,1H3. The van der Waals surface area contributed by atoms with Gasteiger partial charge < -0.3 is 4.42 Å². The van der Waals surface area contributed by atoms with E-state index in [9.17, 15) is 9.18 Å². The topological polar surface area (TPSA) is 30.2 Å². The number of carbonyl (C=O) groups is 1. The Kier molecular flexibility index (Phi) is 1.34. The summed E-state index contributed by atoms with van der Waals surface area (Å²) in [6.07, 6.45) is 0.468. The van der Waals surface area contributed by atoms with E-state index in [0.717, 1.165) is 0 Å². The number of carbonyl (C=O) groups excluding carboxylic acids is 1. The minimum atomic E-state index is -0.683. The fourth-order valence-corrected chi connectivity index (χ4v) is 0.542. The maximum absolute atomic E-state index is 12.2. The van der Waals surface area contributed by atoms with Crippen LogP contribution in [0.25, 0.3) is 0 Å². The van der Waals surface area contributed by atoms with Crippen molar-refractivity contribution >= 4 is 6.29 Å². The highest BCUT2D eigenvalue weighted by molar-refractivity contribution is 5.70. The molecule has 1 aromatic rings. The van der Waals surface area contributed by atoms with Gasteiger partial charge in [-0.3, -0.25) is 4.79 Å². The molecule has 0 radical (unpaired) electrons. The zero-order valence-electron chi connectivity index (χ0n) is 4.85. The van der Waals surface area contributed by atoms with E-state index in [1.807, 2.05) is 0 Å². The number of halogens is 1. The number of furan rings is 1. The van der Waals surface area contributed by atoms with Gasteiger partial charge in [-0.15, -0.1) is 0 Å². The van der Waals surface area contributed by atoms with Gasteiger partial charge in [0.15, 0.2) is 12.0 Å². The van der Waals surface area contributed by atoms with Gasteiger partial charge in [-0.2, -0.15) is 4.39 Å². The molecule has 1 heterocycles. The summed E-state index contributed by atoms with van der Waals surface area (Å²) < 4.78 is 16.5. The summed E-state index contributed by atoms with van der Waals surface area (Å²) in [4.78, 5) is 9.91. The molecule has 2 nitrogen and oxygen atoms in total. The molecule has 0 atom stereocenters. The molecule has 0 N–H and O–H groups in total. The highest BCUT2D eigenvalue weighted by Gasteiger charge is 2.03. The van der Waals surface area contributed by atoms with Gasteiger partial charge in [0.25, 0.3) is 6.01 Å². The van der Waals surface area contributed by atoms with Crippen LogP contribution in [0.3, 0.4) is 0 Å². The first-order valence-electron chi connectivity index (χ1n) is 2.45. The van der Waals surface area contributed by atoms with E-state index in [4.69, 9.17) is 0 Å². The minimum absolute atomic E-state index is 0.0324. The van der Waals surface area contributed by atoms with Gasteiger partial charge in [0.1, 0.15) is 0 Å². The maximum Gasteiger partial charge on any atom is 0.281 e. The Morgan fingerprint density at radius 3 is 2.67 bits per heavy atom. The summed E-state index contributed by atoms with van der Waals surface area (Å²) in [5.41, 5.74) is 0.358. The number of aryl methyl sites for hydroxylation is 1. The Hall–Kier alpha value is -1.12. The lowest BCUT2D eigenvalue weighted by atomic mass is 10.3. The normalized spacial score (nSPS) is 9.56. The summed E-state index contributed by atoms with van der Waals surface area (Å²) in [6.45, 7) is 1.53. The van der Waals surface area contributed by atoms with Gasteiger partial charge in [-0.25, -0.2) is 0 Å². The fraction of sp³-hybridized carbons (Fsp3) is 0.167. The number of hydrogen-bond acceptors (Lipinski definition) is 2. The second-order valence-electron chi connectivity index (χ2n) is 1.72. The van der Waals surface area contributed by atoms with E-state index in [0.29, 0.717) is 11.8 Å². The van der Waals surface area contributed by atoms with E-state index in [1.54, 1.807) is 0 Å². The Bertz CT molecular complexity index is 207. The zero-order valence-corrected chi connectivity index (χ0v) is 4.85. The number of aldehydes is 1. The first-order valence-corrected chi connectivity index (χ1v) is 2.45. The third-order valence-electron chi connectivity index (χ3n) is 0.992. The monoisotopic (exact) mass is 128 g/mol. The van der Waals surface area contributed by atoms with Crippen molar-refractivity contribution < 1.29 is 13.6 Å². The van der Waals surface area contributed by atoms with Crippen molar-refractivity contribution in [1.82, 2.24) is 0 Å². The van der Waals surface area contributed by atoms with Gasteiger partial charge in [0, 0.05) is 5.56 Å². The minimum Gasteiger partial charge on any atom is -0.428 e. The molecule has 0 saturated heterocycles. The molecule has 0 fully saturated rings. The van der Waals surface area contributed by atoms with E-state index in [-0.39, 0.29) is 5.76 Å². The van der Waals surface area contributed by atoms with E-state index >= 15 is 0 Å². The lowest BCUT2D eigenvalue weighted by molar-refractivity contribution is 0.109. The van der Waals surface area contributed by atoms with Crippen LogP contribution in [-0.2, 0) is 0 Å².